The lowest BCUT2D eigenvalue weighted by atomic mass is 9.51. The van der Waals surface area contributed by atoms with Crippen LogP contribution in [0, 0.1) is 34.9 Å². The fourth-order valence-electron chi connectivity index (χ4n) is 7.95. The first kappa shape index (κ1) is 27.5. The van der Waals surface area contributed by atoms with Gasteiger partial charge < -0.3 is 5.11 Å². The number of benzene rings is 3. The first-order valence-electron chi connectivity index (χ1n) is 14.3. The van der Waals surface area contributed by atoms with Crippen molar-refractivity contribution in [2.24, 2.45) is 29.1 Å². The standard InChI is InChI=1S/C34H28ClFN2O5/c1-34-24(31(41)38(33(34)43)19-11-14-26(36)25(35)15-19)16-23-20(29(34)21-9-5-6-10-27(21)39)12-13-22-28(23)32(42)37(30(22)40)17-18-7-3-2-4-8-18/h2-12,14-15,22-24,28-29,39H,13,16-17H2,1H3/t22-,23+,24-,28-,29+,34+/m0/s1. The summed E-state index contributed by atoms with van der Waals surface area (Å²) in [5.41, 5.74) is 0.932. The van der Waals surface area contributed by atoms with Crippen molar-refractivity contribution in [3.05, 3.63) is 106 Å². The van der Waals surface area contributed by atoms with Crippen LogP contribution in [0.15, 0.2) is 84.4 Å². The van der Waals surface area contributed by atoms with Crippen molar-refractivity contribution in [2.75, 3.05) is 4.90 Å². The van der Waals surface area contributed by atoms with Crippen LogP contribution >= 0.6 is 11.6 Å². The summed E-state index contributed by atoms with van der Waals surface area (Å²) in [6.45, 7) is 1.89. The normalized spacial score (nSPS) is 29.8. The molecule has 0 spiro atoms. The Kier molecular flexibility index (Phi) is 6.32. The van der Waals surface area contributed by atoms with Gasteiger partial charge in [0.15, 0.2) is 0 Å². The minimum atomic E-state index is -1.32. The van der Waals surface area contributed by atoms with E-state index in [0.717, 1.165) is 22.1 Å². The number of carbonyl (C=O) groups excluding carboxylic acids is 4. The van der Waals surface area contributed by atoms with Gasteiger partial charge in [0.05, 0.1) is 40.4 Å². The summed E-state index contributed by atoms with van der Waals surface area (Å²) in [6, 6.07) is 19.7. The number of halogens is 2. The van der Waals surface area contributed by atoms with E-state index in [1.807, 2.05) is 36.4 Å². The van der Waals surface area contributed by atoms with Crippen LogP contribution < -0.4 is 4.90 Å². The topological polar surface area (TPSA) is 95.0 Å². The van der Waals surface area contributed by atoms with Crippen LogP contribution in [0.4, 0.5) is 10.1 Å². The fraction of sp³-hybridized carbons (Fsp3) is 0.294. The van der Waals surface area contributed by atoms with E-state index in [0.29, 0.717) is 12.0 Å². The van der Waals surface area contributed by atoms with Gasteiger partial charge in [-0.1, -0.05) is 71.8 Å². The fourth-order valence-corrected chi connectivity index (χ4v) is 8.12. The van der Waals surface area contributed by atoms with Crippen molar-refractivity contribution in [3.8, 4) is 5.75 Å². The second-order valence-corrected chi connectivity index (χ2v) is 12.5. The van der Waals surface area contributed by atoms with Crippen molar-refractivity contribution in [2.45, 2.75) is 32.2 Å². The average Bonchev–Trinajstić information content (AvgIpc) is 3.35. The highest BCUT2D eigenvalue weighted by Crippen LogP contribution is 2.64. The number of fused-ring (bicyclic) bond motifs is 4. The molecule has 1 saturated carbocycles. The number of carbonyl (C=O) groups is 4. The van der Waals surface area contributed by atoms with Gasteiger partial charge in [-0.2, -0.15) is 0 Å². The molecule has 7 nitrogen and oxygen atoms in total. The molecule has 4 aliphatic rings. The van der Waals surface area contributed by atoms with E-state index in [1.54, 1.807) is 25.1 Å². The average molecular weight is 599 g/mol. The van der Waals surface area contributed by atoms with Gasteiger partial charge in [-0.05, 0) is 55.5 Å². The van der Waals surface area contributed by atoms with Gasteiger partial charge in [0.25, 0.3) is 0 Å². The highest BCUT2D eigenvalue weighted by Gasteiger charge is 2.67. The van der Waals surface area contributed by atoms with Gasteiger partial charge in [0.1, 0.15) is 11.6 Å². The number of amides is 4. The third-order valence-corrected chi connectivity index (χ3v) is 10.2. The van der Waals surface area contributed by atoms with E-state index >= 15 is 0 Å². The number of phenols is 1. The second-order valence-electron chi connectivity index (χ2n) is 12.1. The number of imide groups is 2. The molecule has 218 valence electrons. The van der Waals surface area contributed by atoms with Crippen LogP contribution in [-0.4, -0.2) is 33.6 Å². The molecule has 0 bridgehead atoms. The molecule has 3 aromatic rings. The van der Waals surface area contributed by atoms with E-state index in [-0.39, 0.29) is 41.2 Å². The summed E-state index contributed by atoms with van der Waals surface area (Å²) in [4.78, 5) is 58.5. The van der Waals surface area contributed by atoms with Gasteiger partial charge in [-0.15, -0.1) is 0 Å². The number of nitrogens with zero attached hydrogens (tertiary/aromatic N) is 2. The summed E-state index contributed by atoms with van der Waals surface area (Å²) in [6.07, 6.45) is 2.44. The summed E-state index contributed by atoms with van der Waals surface area (Å²) in [5, 5.41) is 10.8. The maximum Gasteiger partial charge on any atom is 0.241 e. The largest absolute Gasteiger partial charge is 0.508 e. The third-order valence-electron chi connectivity index (χ3n) is 9.96. The van der Waals surface area contributed by atoms with E-state index in [4.69, 9.17) is 11.6 Å². The van der Waals surface area contributed by atoms with Crippen molar-refractivity contribution in [1.82, 2.24) is 4.90 Å². The van der Waals surface area contributed by atoms with Crippen LogP contribution in [0.1, 0.15) is 36.8 Å². The number of hydrogen-bond donors (Lipinski definition) is 1. The monoisotopic (exact) mass is 598 g/mol. The number of rotatable bonds is 4. The van der Waals surface area contributed by atoms with Crippen LogP contribution in [-0.2, 0) is 25.7 Å². The quantitative estimate of drug-likeness (QED) is 0.311. The number of hydrogen-bond acceptors (Lipinski definition) is 5. The zero-order valence-corrected chi connectivity index (χ0v) is 24.0. The molecule has 43 heavy (non-hydrogen) atoms. The molecule has 0 aromatic heterocycles. The predicted octanol–water partition coefficient (Wildman–Crippen LogP) is 5.62. The van der Waals surface area contributed by atoms with E-state index in [2.05, 4.69) is 0 Å². The molecule has 6 atom stereocenters. The predicted molar refractivity (Wildman–Crippen MR) is 156 cm³/mol. The molecule has 3 fully saturated rings. The summed E-state index contributed by atoms with van der Waals surface area (Å²) >= 11 is 6.04. The Morgan fingerprint density at radius 1 is 0.930 bits per heavy atom. The first-order chi connectivity index (χ1) is 20.6. The van der Waals surface area contributed by atoms with E-state index in [9.17, 15) is 28.7 Å². The van der Waals surface area contributed by atoms with Crippen molar-refractivity contribution >= 4 is 40.9 Å². The zero-order valence-electron chi connectivity index (χ0n) is 23.2. The second kappa shape index (κ2) is 9.88. The minimum Gasteiger partial charge on any atom is -0.508 e. The molecular weight excluding hydrogens is 571 g/mol. The molecule has 2 aliphatic heterocycles. The maximum atomic E-state index is 14.4. The van der Waals surface area contributed by atoms with E-state index in [1.165, 1.54) is 23.1 Å². The number of anilines is 1. The van der Waals surface area contributed by atoms with Crippen LogP contribution in [0.5, 0.6) is 5.75 Å². The molecule has 2 heterocycles. The molecular formula is C34H28ClFN2O5. The smallest absolute Gasteiger partial charge is 0.241 e. The third kappa shape index (κ3) is 3.92. The Bertz CT molecular complexity index is 1740. The van der Waals surface area contributed by atoms with Crippen molar-refractivity contribution < 1.29 is 28.7 Å². The number of aromatic hydroxyl groups is 1. The van der Waals surface area contributed by atoms with Gasteiger partial charge in [-0.3, -0.25) is 24.1 Å². The molecule has 0 unspecified atom stereocenters. The number of para-hydroxylation sites is 1. The Hall–Kier alpha value is -4.30. The highest BCUT2D eigenvalue weighted by molar-refractivity contribution is 6.31. The Labute approximate surface area is 252 Å². The number of allylic oxidation sites excluding steroid dienone is 2. The Morgan fingerprint density at radius 2 is 1.65 bits per heavy atom. The highest BCUT2D eigenvalue weighted by atomic mass is 35.5. The molecule has 7 rings (SSSR count). The molecule has 9 heteroatoms. The molecule has 4 amide bonds. The van der Waals surface area contributed by atoms with Gasteiger partial charge in [-0.25, -0.2) is 9.29 Å². The minimum absolute atomic E-state index is 0.0285. The first-order valence-corrected chi connectivity index (χ1v) is 14.7. The summed E-state index contributed by atoms with van der Waals surface area (Å²) in [7, 11) is 0. The van der Waals surface area contributed by atoms with Gasteiger partial charge >= 0.3 is 0 Å². The van der Waals surface area contributed by atoms with Crippen LogP contribution in [0.25, 0.3) is 0 Å². The van der Waals surface area contributed by atoms with Gasteiger partial charge in [0.2, 0.25) is 23.6 Å². The van der Waals surface area contributed by atoms with Crippen LogP contribution in [0.3, 0.4) is 0 Å². The number of likely N-dealkylation sites (tertiary alicyclic amines) is 1. The molecule has 2 saturated heterocycles. The maximum absolute atomic E-state index is 14.4. The molecule has 1 N–H and O–H groups in total. The summed E-state index contributed by atoms with van der Waals surface area (Å²) < 4.78 is 14.0. The Morgan fingerprint density at radius 3 is 2.37 bits per heavy atom. The zero-order chi connectivity index (χ0) is 30.2. The SMILES string of the molecule is C[C@@]12C(=O)N(c3ccc(F)c(Cl)c3)C(=O)[C@@H]1C[C@@H]1C(=CC[C@@H]3C(=O)N(Cc4ccccc4)C(=O)[C@@H]31)[C@@H]2c1ccccc1O. The van der Waals surface area contributed by atoms with Crippen molar-refractivity contribution in [3.63, 3.8) is 0 Å². The lowest BCUT2D eigenvalue weighted by Crippen LogP contribution is -2.48. The molecule has 0 radical (unpaired) electrons. The van der Waals surface area contributed by atoms with Crippen LogP contribution in [0.2, 0.25) is 5.02 Å². The van der Waals surface area contributed by atoms with Crippen molar-refractivity contribution in [1.29, 1.82) is 0 Å². The molecule has 2 aliphatic carbocycles. The lowest BCUT2D eigenvalue weighted by Gasteiger charge is -2.49. The van der Waals surface area contributed by atoms with E-state index < -0.39 is 52.6 Å². The molecule has 3 aromatic carbocycles. The Balaban J connectivity index is 1.34. The number of phenolic OH excluding ortho intramolecular Hbond substituents is 1. The van der Waals surface area contributed by atoms with Gasteiger partial charge in [0, 0.05) is 11.5 Å². The summed E-state index contributed by atoms with van der Waals surface area (Å²) in [5.74, 6) is -5.54. The lowest BCUT2D eigenvalue weighted by molar-refractivity contribution is -0.141.